The molecule has 0 aliphatic rings. The maximum atomic E-state index is 13.5. The van der Waals surface area contributed by atoms with E-state index in [2.05, 4.69) is 10.3 Å². The van der Waals surface area contributed by atoms with Gasteiger partial charge in [-0.25, -0.2) is 13.8 Å². The first kappa shape index (κ1) is 13.0. The minimum Gasteiger partial charge on any atom is -0.377 e. The Morgan fingerprint density at radius 2 is 2.16 bits per heavy atom. The summed E-state index contributed by atoms with van der Waals surface area (Å²) < 4.78 is 28.6. The summed E-state index contributed by atoms with van der Waals surface area (Å²) in [5, 5.41) is 2.77. The molecule has 0 unspecified atom stereocenters. The number of aromatic nitrogens is 2. The van der Waals surface area contributed by atoms with Crippen molar-refractivity contribution < 1.29 is 13.6 Å². The molecular formula is C12H12F2N4O. The SMILES string of the molecule is Cn1cncc1CNc1cc(C(N)=O)c(F)cc1F. The van der Waals surface area contributed by atoms with E-state index in [9.17, 15) is 13.6 Å². The van der Waals surface area contributed by atoms with Crippen LogP contribution in [0.25, 0.3) is 0 Å². The predicted octanol–water partition coefficient (Wildman–Crippen LogP) is 1.41. The molecule has 2 aromatic rings. The summed E-state index contributed by atoms with van der Waals surface area (Å²) >= 11 is 0. The third-order valence-corrected chi connectivity index (χ3v) is 2.70. The van der Waals surface area contributed by atoms with E-state index in [0.29, 0.717) is 6.07 Å². The van der Waals surface area contributed by atoms with Crippen molar-refractivity contribution >= 4 is 11.6 Å². The summed E-state index contributed by atoms with van der Waals surface area (Å²) in [6.07, 6.45) is 3.22. The van der Waals surface area contributed by atoms with Crippen molar-refractivity contribution in [1.82, 2.24) is 9.55 Å². The third kappa shape index (κ3) is 2.70. The molecule has 100 valence electrons. The van der Waals surface area contributed by atoms with E-state index in [0.717, 1.165) is 11.8 Å². The smallest absolute Gasteiger partial charge is 0.251 e. The monoisotopic (exact) mass is 266 g/mol. The van der Waals surface area contributed by atoms with Crippen molar-refractivity contribution in [3.8, 4) is 0 Å². The molecule has 0 spiro atoms. The second-order valence-electron chi connectivity index (χ2n) is 4.03. The molecule has 2 rings (SSSR count). The van der Waals surface area contributed by atoms with E-state index in [-0.39, 0.29) is 17.8 Å². The number of primary amides is 1. The zero-order valence-electron chi connectivity index (χ0n) is 10.2. The van der Waals surface area contributed by atoms with Crippen LogP contribution in [0.4, 0.5) is 14.5 Å². The van der Waals surface area contributed by atoms with E-state index < -0.39 is 17.5 Å². The number of aryl methyl sites for hydroxylation is 1. The van der Waals surface area contributed by atoms with Crippen molar-refractivity contribution in [3.05, 3.63) is 47.5 Å². The lowest BCUT2D eigenvalue weighted by atomic mass is 10.1. The van der Waals surface area contributed by atoms with Gasteiger partial charge in [0, 0.05) is 19.3 Å². The maximum absolute atomic E-state index is 13.5. The zero-order valence-corrected chi connectivity index (χ0v) is 10.2. The molecule has 0 atom stereocenters. The van der Waals surface area contributed by atoms with Crippen LogP contribution in [0.3, 0.4) is 0 Å². The van der Waals surface area contributed by atoms with Gasteiger partial charge in [-0.2, -0.15) is 0 Å². The van der Waals surface area contributed by atoms with E-state index in [1.807, 2.05) is 0 Å². The average Bonchev–Trinajstić information content (AvgIpc) is 2.73. The topological polar surface area (TPSA) is 72.9 Å². The highest BCUT2D eigenvalue weighted by atomic mass is 19.1. The number of amides is 1. The molecule has 5 nitrogen and oxygen atoms in total. The Labute approximate surface area is 108 Å². The van der Waals surface area contributed by atoms with Gasteiger partial charge in [-0.3, -0.25) is 4.79 Å². The number of nitrogens with one attached hydrogen (secondary N) is 1. The van der Waals surface area contributed by atoms with Gasteiger partial charge in [0.1, 0.15) is 11.6 Å². The first-order valence-corrected chi connectivity index (χ1v) is 5.47. The van der Waals surface area contributed by atoms with Crippen LogP contribution < -0.4 is 11.1 Å². The Hall–Kier alpha value is -2.44. The molecule has 3 N–H and O–H groups in total. The molecule has 0 bridgehead atoms. The lowest BCUT2D eigenvalue weighted by molar-refractivity contribution is 0.0996. The summed E-state index contributed by atoms with van der Waals surface area (Å²) in [4.78, 5) is 14.9. The molecular weight excluding hydrogens is 254 g/mol. The van der Waals surface area contributed by atoms with Crippen molar-refractivity contribution in [1.29, 1.82) is 0 Å². The van der Waals surface area contributed by atoms with Gasteiger partial charge in [-0.05, 0) is 6.07 Å². The van der Waals surface area contributed by atoms with Crippen LogP contribution in [0.5, 0.6) is 0 Å². The molecule has 1 amide bonds. The lowest BCUT2D eigenvalue weighted by Gasteiger charge is -2.09. The Bertz CT molecular complexity index is 624. The van der Waals surface area contributed by atoms with Crippen molar-refractivity contribution in [2.45, 2.75) is 6.54 Å². The van der Waals surface area contributed by atoms with Crippen molar-refractivity contribution in [3.63, 3.8) is 0 Å². The first-order chi connectivity index (χ1) is 8.99. The second kappa shape index (κ2) is 5.05. The largest absolute Gasteiger partial charge is 0.377 e. The third-order valence-electron chi connectivity index (χ3n) is 2.70. The number of benzene rings is 1. The number of nitrogens with two attached hydrogens (primary N) is 1. The summed E-state index contributed by atoms with van der Waals surface area (Å²) in [5.41, 5.74) is 5.47. The minimum absolute atomic E-state index is 0.0106. The molecule has 0 aliphatic heterocycles. The maximum Gasteiger partial charge on any atom is 0.251 e. The number of carbonyl (C=O) groups excluding carboxylic acids is 1. The molecule has 1 heterocycles. The highest BCUT2D eigenvalue weighted by molar-refractivity contribution is 5.94. The Balaban J connectivity index is 2.23. The van der Waals surface area contributed by atoms with Crippen LogP contribution in [-0.4, -0.2) is 15.5 Å². The molecule has 19 heavy (non-hydrogen) atoms. The summed E-state index contributed by atoms with van der Waals surface area (Å²) in [6, 6.07) is 1.69. The Morgan fingerprint density at radius 3 is 2.74 bits per heavy atom. The van der Waals surface area contributed by atoms with Crippen LogP contribution in [-0.2, 0) is 13.6 Å². The van der Waals surface area contributed by atoms with Crippen LogP contribution in [0, 0.1) is 11.6 Å². The van der Waals surface area contributed by atoms with Crippen LogP contribution in [0.2, 0.25) is 0 Å². The fourth-order valence-corrected chi connectivity index (χ4v) is 1.61. The highest BCUT2D eigenvalue weighted by Gasteiger charge is 2.13. The summed E-state index contributed by atoms with van der Waals surface area (Å²) in [7, 11) is 1.79. The van der Waals surface area contributed by atoms with Gasteiger partial charge in [0.2, 0.25) is 0 Å². The van der Waals surface area contributed by atoms with Gasteiger partial charge >= 0.3 is 0 Å². The summed E-state index contributed by atoms with van der Waals surface area (Å²) in [6.45, 7) is 0.289. The van der Waals surface area contributed by atoms with Gasteiger partial charge in [0.25, 0.3) is 5.91 Å². The Morgan fingerprint density at radius 1 is 1.42 bits per heavy atom. The molecule has 1 aromatic carbocycles. The zero-order chi connectivity index (χ0) is 14.0. The number of imidazole rings is 1. The fourth-order valence-electron chi connectivity index (χ4n) is 1.61. The van der Waals surface area contributed by atoms with Gasteiger partial charge in [-0.15, -0.1) is 0 Å². The Kier molecular flexibility index (Phi) is 3.46. The molecule has 0 saturated heterocycles. The van der Waals surface area contributed by atoms with Crippen LogP contribution >= 0.6 is 0 Å². The first-order valence-electron chi connectivity index (χ1n) is 5.47. The summed E-state index contributed by atoms with van der Waals surface area (Å²) in [5.74, 6) is -2.71. The number of hydrogen-bond acceptors (Lipinski definition) is 3. The quantitative estimate of drug-likeness (QED) is 0.878. The average molecular weight is 266 g/mol. The number of anilines is 1. The molecule has 0 aliphatic carbocycles. The molecule has 0 radical (unpaired) electrons. The highest BCUT2D eigenvalue weighted by Crippen LogP contribution is 2.20. The number of carbonyl (C=O) groups is 1. The van der Waals surface area contributed by atoms with Gasteiger partial charge < -0.3 is 15.6 Å². The van der Waals surface area contributed by atoms with Gasteiger partial charge in [0.05, 0.1) is 29.8 Å². The van der Waals surface area contributed by atoms with Gasteiger partial charge in [0.15, 0.2) is 0 Å². The normalized spacial score (nSPS) is 10.5. The van der Waals surface area contributed by atoms with Crippen molar-refractivity contribution in [2.24, 2.45) is 12.8 Å². The van der Waals surface area contributed by atoms with E-state index in [1.165, 1.54) is 0 Å². The van der Waals surface area contributed by atoms with Crippen molar-refractivity contribution in [2.75, 3.05) is 5.32 Å². The number of hydrogen-bond donors (Lipinski definition) is 2. The molecule has 0 saturated carbocycles. The minimum atomic E-state index is -0.976. The number of halogens is 2. The standard InChI is InChI=1S/C12H12F2N4O/c1-18-6-16-4-7(18)5-17-11-2-8(12(15)19)9(13)3-10(11)14/h2-4,6,17H,5H2,1H3,(H2,15,19). The molecule has 1 aromatic heterocycles. The second-order valence-corrected chi connectivity index (χ2v) is 4.03. The number of nitrogens with zero attached hydrogens (tertiary/aromatic N) is 2. The van der Waals surface area contributed by atoms with E-state index in [1.54, 1.807) is 24.1 Å². The molecule has 0 fully saturated rings. The number of rotatable bonds is 4. The van der Waals surface area contributed by atoms with Crippen LogP contribution in [0.1, 0.15) is 16.1 Å². The fraction of sp³-hybridized carbons (Fsp3) is 0.167. The lowest BCUT2D eigenvalue weighted by Crippen LogP contribution is -2.15. The van der Waals surface area contributed by atoms with E-state index in [4.69, 9.17) is 5.73 Å². The van der Waals surface area contributed by atoms with Gasteiger partial charge in [-0.1, -0.05) is 0 Å². The predicted molar refractivity (Wildman–Crippen MR) is 65.4 cm³/mol. The molecule has 7 heteroatoms. The van der Waals surface area contributed by atoms with Crippen LogP contribution in [0.15, 0.2) is 24.7 Å². The van der Waals surface area contributed by atoms with E-state index >= 15 is 0 Å².